The normalized spacial score (nSPS) is 10.4. The predicted molar refractivity (Wildman–Crippen MR) is 70.2 cm³/mol. The Morgan fingerprint density at radius 1 is 1.15 bits per heavy atom. The molecule has 111 valence electrons. The molecule has 1 radical (unpaired) electrons. The Hall–Kier alpha value is -1.61. The average molecular weight is 388 g/mol. The fourth-order valence-corrected chi connectivity index (χ4v) is 2.26. The van der Waals surface area contributed by atoms with Gasteiger partial charge in [-0.2, -0.15) is 0 Å². The van der Waals surface area contributed by atoms with Crippen LogP contribution >= 0.6 is 0 Å². The van der Waals surface area contributed by atoms with Crippen molar-refractivity contribution in [2.24, 2.45) is 0 Å². The fourth-order valence-electron chi connectivity index (χ4n) is 1.30. The number of hydrogen-bond donors (Lipinski definition) is 2. The second kappa shape index (κ2) is 6.71. The molecule has 0 fully saturated rings. The SMILES string of the molecule is COc1cnc(NS(=O)(=O)c2ccc(N)cc2)nc1.[Ag]. The van der Waals surface area contributed by atoms with Crippen LogP contribution in [0.1, 0.15) is 0 Å². The molecule has 20 heavy (non-hydrogen) atoms. The van der Waals surface area contributed by atoms with Gasteiger partial charge in [-0.3, -0.25) is 0 Å². The number of anilines is 2. The Bertz CT molecular complexity index is 659. The first-order chi connectivity index (χ1) is 9.01. The van der Waals surface area contributed by atoms with Crippen molar-refractivity contribution in [2.45, 2.75) is 4.90 Å². The van der Waals surface area contributed by atoms with E-state index in [4.69, 9.17) is 10.5 Å². The molecule has 1 heterocycles. The van der Waals surface area contributed by atoms with E-state index < -0.39 is 10.0 Å². The molecule has 0 aliphatic carbocycles. The summed E-state index contributed by atoms with van der Waals surface area (Å²) < 4.78 is 31.1. The van der Waals surface area contributed by atoms with Crippen molar-refractivity contribution in [1.29, 1.82) is 0 Å². The van der Waals surface area contributed by atoms with Crippen molar-refractivity contribution in [3.05, 3.63) is 36.7 Å². The summed E-state index contributed by atoms with van der Waals surface area (Å²) >= 11 is 0. The van der Waals surface area contributed by atoms with Crippen LogP contribution in [0.5, 0.6) is 5.75 Å². The van der Waals surface area contributed by atoms with Crippen LogP contribution in [0, 0.1) is 0 Å². The molecule has 0 saturated heterocycles. The molecule has 0 spiro atoms. The Labute approximate surface area is 132 Å². The number of nitrogen functional groups attached to an aromatic ring is 1. The van der Waals surface area contributed by atoms with Crippen molar-refractivity contribution in [3.63, 3.8) is 0 Å². The Balaban J connectivity index is 0.00000200. The van der Waals surface area contributed by atoms with Gasteiger partial charge in [0.25, 0.3) is 10.0 Å². The number of benzene rings is 1. The summed E-state index contributed by atoms with van der Waals surface area (Å²) in [7, 11) is -2.25. The Kier molecular flexibility index (Phi) is 5.52. The van der Waals surface area contributed by atoms with Crippen LogP contribution in [-0.4, -0.2) is 25.5 Å². The summed E-state index contributed by atoms with van der Waals surface area (Å²) in [6.45, 7) is 0. The van der Waals surface area contributed by atoms with Gasteiger partial charge in [0.2, 0.25) is 5.95 Å². The molecule has 0 unspecified atom stereocenters. The molecule has 0 aliphatic rings. The van der Waals surface area contributed by atoms with Crippen LogP contribution in [-0.2, 0) is 32.4 Å². The number of sulfonamides is 1. The van der Waals surface area contributed by atoms with Crippen LogP contribution in [0.4, 0.5) is 11.6 Å². The zero-order chi connectivity index (χ0) is 13.9. The zero-order valence-electron chi connectivity index (χ0n) is 10.4. The quantitative estimate of drug-likeness (QED) is 0.595. The van der Waals surface area contributed by atoms with Crippen molar-refractivity contribution in [1.82, 2.24) is 9.97 Å². The average Bonchev–Trinajstić information content (AvgIpc) is 2.40. The molecule has 0 amide bonds. The third-order valence-electron chi connectivity index (χ3n) is 2.28. The van der Waals surface area contributed by atoms with E-state index in [1.54, 1.807) is 0 Å². The second-order valence-electron chi connectivity index (χ2n) is 3.62. The summed E-state index contributed by atoms with van der Waals surface area (Å²) in [4.78, 5) is 7.74. The molecular formula is C11H12AgN4O3S. The van der Waals surface area contributed by atoms with Crippen molar-refractivity contribution in [2.75, 3.05) is 17.6 Å². The molecule has 0 atom stereocenters. The van der Waals surface area contributed by atoms with E-state index in [-0.39, 0.29) is 33.2 Å². The number of methoxy groups -OCH3 is 1. The maximum Gasteiger partial charge on any atom is 0.264 e. The van der Waals surface area contributed by atoms with Crippen molar-refractivity contribution < 1.29 is 35.5 Å². The number of nitrogens with two attached hydrogens (primary N) is 1. The van der Waals surface area contributed by atoms with Crippen LogP contribution in [0.15, 0.2) is 41.6 Å². The van der Waals surface area contributed by atoms with Gasteiger partial charge in [-0.15, -0.1) is 0 Å². The fraction of sp³-hybridized carbons (Fsp3) is 0.0909. The van der Waals surface area contributed by atoms with Gasteiger partial charge in [0, 0.05) is 28.1 Å². The summed E-state index contributed by atoms with van der Waals surface area (Å²) in [5, 5.41) is 0. The largest absolute Gasteiger partial charge is 0.494 e. The number of nitrogens with one attached hydrogen (secondary N) is 1. The van der Waals surface area contributed by atoms with Gasteiger partial charge >= 0.3 is 0 Å². The molecular weight excluding hydrogens is 376 g/mol. The van der Waals surface area contributed by atoms with E-state index in [1.807, 2.05) is 0 Å². The smallest absolute Gasteiger partial charge is 0.264 e. The van der Waals surface area contributed by atoms with Crippen LogP contribution in [0.3, 0.4) is 0 Å². The van der Waals surface area contributed by atoms with Gasteiger partial charge in [-0.25, -0.2) is 23.1 Å². The first-order valence-electron chi connectivity index (χ1n) is 5.25. The van der Waals surface area contributed by atoms with Crippen LogP contribution < -0.4 is 15.2 Å². The zero-order valence-corrected chi connectivity index (χ0v) is 12.7. The molecule has 7 nitrogen and oxygen atoms in total. The molecule has 1 aromatic heterocycles. The van der Waals surface area contributed by atoms with Crippen LogP contribution in [0.25, 0.3) is 0 Å². The third-order valence-corrected chi connectivity index (χ3v) is 3.62. The van der Waals surface area contributed by atoms with Gasteiger partial charge in [0.05, 0.1) is 24.4 Å². The maximum atomic E-state index is 12.0. The van der Waals surface area contributed by atoms with Gasteiger partial charge < -0.3 is 10.5 Å². The molecule has 2 aromatic rings. The Morgan fingerprint density at radius 3 is 2.20 bits per heavy atom. The topological polar surface area (TPSA) is 107 Å². The first kappa shape index (κ1) is 16.4. The third kappa shape index (κ3) is 3.94. The van der Waals surface area contributed by atoms with Crippen LogP contribution in [0.2, 0.25) is 0 Å². The van der Waals surface area contributed by atoms with E-state index in [0.29, 0.717) is 11.4 Å². The van der Waals surface area contributed by atoms with Gasteiger partial charge in [-0.05, 0) is 24.3 Å². The van der Waals surface area contributed by atoms with E-state index >= 15 is 0 Å². The monoisotopic (exact) mass is 387 g/mol. The van der Waals surface area contributed by atoms with E-state index in [1.165, 1.54) is 43.8 Å². The minimum atomic E-state index is -3.72. The second-order valence-corrected chi connectivity index (χ2v) is 5.30. The number of nitrogens with zero attached hydrogens (tertiary/aromatic N) is 2. The summed E-state index contributed by atoms with van der Waals surface area (Å²) in [5.41, 5.74) is 5.99. The molecule has 9 heteroatoms. The van der Waals surface area contributed by atoms with E-state index in [2.05, 4.69) is 14.7 Å². The molecule has 3 N–H and O–H groups in total. The molecule has 1 aromatic carbocycles. The van der Waals surface area contributed by atoms with Crippen molar-refractivity contribution in [3.8, 4) is 5.75 Å². The summed E-state index contributed by atoms with van der Waals surface area (Å²) in [5.74, 6) is 0.410. The first-order valence-corrected chi connectivity index (χ1v) is 6.74. The molecule has 2 rings (SSSR count). The summed E-state index contributed by atoms with van der Waals surface area (Å²) in [6.07, 6.45) is 2.74. The molecule has 0 bridgehead atoms. The number of aromatic nitrogens is 2. The Morgan fingerprint density at radius 2 is 1.70 bits per heavy atom. The van der Waals surface area contributed by atoms with Gasteiger partial charge in [-0.1, -0.05) is 0 Å². The molecule has 0 aliphatic heterocycles. The standard InChI is InChI=1S/C11H12N4O3S.Ag/c1-18-9-6-13-11(14-7-9)15-19(16,17)10-4-2-8(12)3-5-10;/h2-7H,12H2,1H3,(H,13,14,15);. The van der Waals surface area contributed by atoms with Crippen molar-refractivity contribution >= 4 is 21.7 Å². The molecule has 0 saturated carbocycles. The minimum absolute atomic E-state index is 0. The number of ether oxygens (including phenoxy) is 1. The van der Waals surface area contributed by atoms with Gasteiger partial charge in [0.1, 0.15) is 0 Å². The van der Waals surface area contributed by atoms with E-state index in [0.717, 1.165) is 0 Å². The minimum Gasteiger partial charge on any atom is -0.494 e. The summed E-state index contributed by atoms with van der Waals surface area (Å²) in [6, 6.07) is 5.81. The van der Waals surface area contributed by atoms with E-state index in [9.17, 15) is 8.42 Å². The number of hydrogen-bond acceptors (Lipinski definition) is 6. The maximum absolute atomic E-state index is 12.0. The number of rotatable bonds is 4. The predicted octanol–water partition coefficient (Wildman–Crippen LogP) is 0.866. The van der Waals surface area contributed by atoms with Gasteiger partial charge in [0.15, 0.2) is 5.75 Å².